The highest BCUT2D eigenvalue weighted by molar-refractivity contribution is 7.09. The Morgan fingerprint density at radius 1 is 0.381 bits per heavy atom. The van der Waals surface area contributed by atoms with E-state index >= 15 is 0 Å². The Morgan fingerprint density at radius 2 is 0.881 bits per heavy atom. The molecule has 0 aliphatic rings. The summed E-state index contributed by atoms with van der Waals surface area (Å²) in [5, 5.41) is 0.912. The van der Waals surface area contributed by atoms with Gasteiger partial charge in [-0.05, 0) is 88.4 Å². The maximum absolute atomic E-state index is 4.92. The molecular formula is C38H27N3S. The average Bonchev–Trinajstić information content (AvgIpc) is 3.58. The molecule has 0 radical (unpaired) electrons. The molecule has 7 aromatic rings. The van der Waals surface area contributed by atoms with Crippen molar-refractivity contribution in [3.63, 3.8) is 0 Å². The number of hydrogen-bond donors (Lipinski definition) is 0. The highest BCUT2D eigenvalue weighted by Gasteiger charge is 2.15. The van der Waals surface area contributed by atoms with Crippen molar-refractivity contribution in [3.05, 3.63) is 164 Å². The smallest absolute Gasteiger partial charge is 0.173 e. The molecule has 0 atom stereocenters. The summed E-state index contributed by atoms with van der Waals surface area (Å²) in [6.45, 7) is 0. The third kappa shape index (κ3) is 5.36. The first kappa shape index (κ1) is 25.6. The van der Waals surface area contributed by atoms with Crippen molar-refractivity contribution in [2.24, 2.45) is 0 Å². The predicted molar refractivity (Wildman–Crippen MR) is 176 cm³/mol. The van der Waals surface area contributed by atoms with Gasteiger partial charge in [-0.2, -0.15) is 4.37 Å². The van der Waals surface area contributed by atoms with Crippen molar-refractivity contribution < 1.29 is 0 Å². The fourth-order valence-electron chi connectivity index (χ4n) is 5.16. The zero-order valence-electron chi connectivity index (χ0n) is 22.8. The summed E-state index contributed by atoms with van der Waals surface area (Å²) in [5.41, 5.74) is 10.1. The van der Waals surface area contributed by atoms with E-state index in [1.165, 1.54) is 33.8 Å². The molecule has 1 aromatic heterocycles. The molecular weight excluding hydrogens is 531 g/mol. The molecule has 0 bridgehead atoms. The monoisotopic (exact) mass is 557 g/mol. The van der Waals surface area contributed by atoms with Crippen LogP contribution in [0.2, 0.25) is 0 Å². The van der Waals surface area contributed by atoms with Gasteiger partial charge >= 0.3 is 0 Å². The third-order valence-corrected chi connectivity index (χ3v) is 8.02. The number of benzene rings is 6. The van der Waals surface area contributed by atoms with Gasteiger partial charge in [-0.25, -0.2) is 4.98 Å². The van der Waals surface area contributed by atoms with Gasteiger partial charge < -0.3 is 4.90 Å². The molecule has 200 valence electrons. The molecule has 6 aromatic carbocycles. The van der Waals surface area contributed by atoms with Gasteiger partial charge in [-0.15, -0.1) is 0 Å². The Morgan fingerprint density at radius 3 is 1.55 bits per heavy atom. The molecule has 0 spiro atoms. The third-order valence-electron chi connectivity index (χ3n) is 7.25. The summed E-state index contributed by atoms with van der Waals surface area (Å²) in [7, 11) is 0. The van der Waals surface area contributed by atoms with E-state index in [-0.39, 0.29) is 0 Å². The molecule has 3 nitrogen and oxygen atoms in total. The SMILES string of the molecule is c1ccc(-c2cccc(-c3nc(-c4ccc(N(c5ccccc5)c5cccc(-c6ccccc6)c5)cc4)ns3)c2)cc1. The fourth-order valence-corrected chi connectivity index (χ4v) is 5.84. The van der Waals surface area contributed by atoms with E-state index in [0.717, 1.165) is 39.0 Å². The summed E-state index contributed by atoms with van der Waals surface area (Å²) in [5.74, 6) is 0.740. The molecule has 0 unspecified atom stereocenters. The maximum atomic E-state index is 4.92. The summed E-state index contributed by atoms with van der Waals surface area (Å²) in [6, 6.07) is 57.1. The van der Waals surface area contributed by atoms with Gasteiger partial charge in [0.1, 0.15) is 5.01 Å². The molecule has 0 fully saturated rings. The topological polar surface area (TPSA) is 29.0 Å². The van der Waals surface area contributed by atoms with Crippen LogP contribution in [0.5, 0.6) is 0 Å². The van der Waals surface area contributed by atoms with Gasteiger partial charge in [0.15, 0.2) is 5.82 Å². The average molecular weight is 558 g/mol. The van der Waals surface area contributed by atoms with Crippen molar-refractivity contribution in [3.8, 4) is 44.2 Å². The lowest BCUT2D eigenvalue weighted by atomic mass is 10.0. The number of para-hydroxylation sites is 1. The highest BCUT2D eigenvalue weighted by Crippen LogP contribution is 2.37. The van der Waals surface area contributed by atoms with Crippen LogP contribution >= 0.6 is 11.5 Å². The molecule has 0 aliphatic heterocycles. The maximum Gasteiger partial charge on any atom is 0.173 e. The van der Waals surface area contributed by atoms with E-state index in [0.29, 0.717) is 0 Å². The molecule has 4 heteroatoms. The van der Waals surface area contributed by atoms with Crippen molar-refractivity contribution >= 4 is 28.6 Å². The minimum Gasteiger partial charge on any atom is -0.310 e. The Balaban J connectivity index is 1.20. The van der Waals surface area contributed by atoms with Crippen LogP contribution in [0, 0.1) is 0 Å². The molecule has 0 saturated carbocycles. The molecule has 0 amide bonds. The molecule has 0 N–H and O–H groups in total. The van der Waals surface area contributed by atoms with Crippen LogP contribution < -0.4 is 4.90 Å². The van der Waals surface area contributed by atoms with Gasteiger partial charge in [-0.1, -0.05) is 109 Å². The second-order valence-electron chi connectivity index (χ2n) is 10.0. The normalized spacial score (nSPS) is 10.9. The Bertz CT molecular complexity index is 1920. The van der Waals surface area contributed by atoms with Crippen LogP contribution in [0.3, 0.4) is 0 Å². The van der Waals surface area contributed by atoms with E-state index in [4.69, 9.17) is 9.36 Å². The van der Waals surface area contributed by atoms with Gasteiger partial charge in [0.05, 0.1) is 0 Å². The van der Waals surface area contributed by atoms with Crippen molar-refractivity contribution in [1.82, 2.24) is 9.36 Å². The Kier molecular flexibility index (Phi) is 7.11. The van der Waals surface area contributed by atoms with Crippen LogP contribution in [0.1, 0.15) is 0 Å². The summed E-state index contributed by atoms with van der Waals surface area (Å²) in [6.07, 6.45) is 0. The summed E-state index contributed by atoms with van der Waals surface area (Å²) in [4.78, 5) is 7.20. The summed E-state index contributed by atoms with van der Waals surface area (Å²) < 4.78 is 4.72. The van der Waals surface area contributed by atoms with Gasteiger partial charge in [-0.3, -0.25) is 0 Å². The zero-order valence-corrected chi connectivity index (χ0v) is 23.7. The van der Waals surface area contributed by atoms with Gasteiger partial charge in [0.25, 0.3) is 0 Å². The number of aromatic nitrogens is 2. The standard InChI is InChI=1S/C38H27N3S/c1-4-12-28(13-5-1)31-16-10-18-33(26-31)38-39-37(40-42-38)30-22-24-35(25-23-30)41(34-19-8-3-9-20-34)36-21-11-17-32(27-36)29-14-6-2-7-15-29/h1-27H. The predicted octanol–water partition coefficient (Wildman–Crippen LogP) is 10.7. The largest absolute Gasteiger partial charge is 0.310 e. The summed E-state index contributed by atoms with van der Waals surface area (Å²) >= 11 is 1.43. The number of hydrogen-bond acceptors (Lipinski definition) is 4. The molecule has 0 saturated heterocycles. The van der Waals surface area contributed by atoms with E-state index < -0.39 is 0 Å². The molecule has 7 rings (SSSR count). The van der Waals surface area contributed by atoms with Crippen LogP contribution in [0.25, 0.3) is 44.2 Å². The first-order chi connectivity index (χ1) is 20.8. The van der Waals surface area contributed by atoms with E-state index in [9.17, 15) is 0 Å². The lowest BCUT2D eigenvalue weighted by Gasteiger charge is -2.26. The molecule has 1 heterocycles. The fraction of sp³-hybridized carbons (Fsp3) is 0. The first-order valence-corrected chi connectivity index (χ1v) is 14.7. The van der Waals surface area contributed by atoms with Gasteiger partial charge in [0.2, 0.25) is 0 Å². The molecule has 0 aliphatic carbocycles. The van der Waals surface area contributed by atoms with Crippen LogP contribution in [-0.2, 0) is 0 Å². The van der Waals surface area contributed by atoms with Crippen LogP contribution in [-0.4, -0.2) is 9.36 Å². The van der Waals surface area contributed by atoms with Crippen molar-refractivity contribution in [1.29, 1.82) is 0 Å². The Hall–Kier alpha value is -5.32. The minimum absolute atomic E-state index is 0.740. The lowest BCUT2D eigenvalue weighted by Crippen LogP contribution is -2.09. The number of nitrogens with zero attached hydrogens (tertiary/aromatic N) is 3. The van der Waals surface area contributed by atoms with E-state index in [2.05, 4.69) is 150 Å². The van der Waals surface area contributed by atoms with Gasteiger partial charge in [0, 0.05) is 28.2 Å². The van der Waals surface area contributed by atoms with Crippen LogP contribution in [0.15, 0.2) is 164 Å². The van der Waals surface area contributed by atoms with Crippen molar-refractivity contribution in [2.75, 3.05) is 4.90 Å². The van der Waals surface area contributed by atoms with E-state index in [1.807, 2.05) is 18.2 Å². The van der Waals surface area contributed by atoms with Crippen LogP contribution in [0.4, 0.5) is 17.1 Å². The second-order valence-corrected chi connectivity index (χ2v) is 10.8. The highest BCUT2D eigenvalue weighted by atomic mass is 32.1. The zero-order chi connectivity index (χ0) is 28.1. The first-order valence-electron chi connectivity index (χ1n) is 13.9. The molecule has 42 heavy (non-hydrogen) atoms. The lowest BCUT2D eigenvalue weighted by molar-refractivity contribution is 1.27. The quantitative estimate of drug-likeness (QED) is 0.195. The number of anilines is 3. The Labute approximate surface area is 250 Å². The van der Waals surface area contributed by atoms with E-state index in [1.54, 1.807) is 0 Å². The van der Waals surface area contributed by atoms with Crippen molar-refractivity contribution in [2.45, 2.75) is 0 Å². The second kappa shape index (κ2) is 11.7. The minimum atomic E-state index is 0.740. The number of rotatable bonds is 7.